The van der Waals surface area contributed by atoms with E-state index in [0.717, 1.165) is 6.42 Å². The first-order valence-electron chi connectivity index (χ1n) is 5.48. The van der Waals surface area contributed by atoms with Crippen molar-refractivity contribution in [1.29, 1.82) is 0 Å². The fourth-order valence-electron chi connectivity index (χ4n) is 1.99. The van der Waals surface area contributed by atoms with Crippen molar-refractivity contribution in [3.63, 3.8) is 0 Å². The third-order valence-corrected chi connectivity index (χ3v) is 2.72. The number of hydrogen-bond donors (Lipinski definition) is 0. The molecule has 0 spiro atoms. The number of unbranched alkanes of at least 4 members (excludes halogenated alkanes) is 1. The maximum Gasteiger partial charge on any atom is 0.0810 e. The summed E-state index contributed by atoms with van der Waals surface area (Å²) in [6.07, 6.45) is 5.62. The molecule has 0 aromatic rings. The van der Waals surface area contributed by atoms with Gasteiger partial charge in [-0.3, -0.25) is 0 Å². The topological polar surface area (TPSA) is 9.23 Å². The van der Waals surface area contributed by atoms with Gasteiger partial charge in [-0.1, -0.05) is 40.2 Å². The predicted octanol–water partition coefficient (Wildman–Crippen LogP) is 3.55. The van der Waals surface area contributed by atoms with Gasteiger partial charge in [0.1, 0.15) is 0 Å². The van der Waals surface area contributed by atoms with Crippen LogP contribution >= 0.6 is 0 Å². The molecule has 76 valence electrons. The largest absolute Gasteiger partial charge is 0.370 e. The molecule has 1 nitrogen and oxygen atoms in total. The lowest BCUT2D eigenvalue weighted by Gasteiger charge is -2.16. The Kier molecular flexibility index (Phi) is 3.98. The van der Waals surface area contributed by atoms with E-state index in [0.29, 0.717) is 18.1 Å². The molecule has 0 aromatic heterocycles. The van der Waals surface area contributed by atoms with Gasteiger partial charge in [-0.15, -0.1) is 0 Å². The molecule has 0 unspecified atom stereocenters. The van der Waals surface area contributed by atoms with E-state index in [-0.39, 0.29) is 0 Å². The van der Waals surface area contributed by atoms with Gasteiger partial charge in [0.25, 0.3) is 0 Å². The molecule has 1 fully saturated rings. The first kappa shape index (κ1) is 10.8. The van der Waals surface area contributed by atoms with Crippen LogP contribution in [-0.2, 0) is 4.74 Å². The molecular formula is C12H22O. The van der Waals surface area contributed by atoms with E-state index in [1.54, 1.807) is 0 Å². The van der Waals surface area contributed by atoms with Gasteiger partial charge in [-0.2, -0.15) is 0 Å². The smallest absolute Gasteiger partial charge is 0.0810 e. The standard InChI is InChI=1S/C12H22O/c1-5-6-7-11-8-10(4)12(13-11)9(2)3/h9,11-12H,4-8H2,1-3H3/t11-,12-/m0/s1. The summed E-state index contributed by atoms with van der Waals surface area (Å²) < 4.78 is 5.94. The predicted molar refractivity (Wildman–Crippen MR) is 56.8 cm³/mol. The Hall–Kier alpha value is -0.300. The first-order valence-corrected chi connectivity index (χ1v) is 5.48. The van der Waals surface area contributed by atoms with Crippen LogP contribution in [0.3, 0.4) is 0 Å². The van der Waals surface area contributed by atoms with E-state index in [4.69, 9.17) is 4.74 Å². The van der Waals surface area contributed by atoms with Crippen molar-refractivity contribution < 1.29 is 4.74 Å². The highest BCUT2D eigenvalue weighted by Crippen LogP contribution is 2.31. The Bertz CT molecular complexity index is 172. The van der Waals surface area contributed by atoms with Gasteiger partial charge in [0.15, 0.2) is 0 Å². The molecule has 0 amide bonds. The monoisotopic (exact) mass is 182 g/mol. The van der Waals surface area contributed by atoms with Crippen molar-refractivity contribution >= 4 is 0 Å². The number of rotatable bonds is 4. The van der Waals surface area contributed by atoms with Crippen LogP contribution in [0.4, 0.5) is 0 Å². The normalized spacial score (nSPS) is 28.8. The zero-order valence-corrected chi connectivity index (χ0v) is 9.18. The van der Waals surface area contributed by atoms with Crippen LogP contribution in [0.1, 0.15) is 46.5 Å². The minimum atomic E-state index is 0.321. The quantitative estimate of drug-likeness (QED) is 0.604. The van der Waals surface area contributed by atoms with Gasteiger partial charge in [-0.05, 0) is 24.3 Å². The van der Waals surface area contributed by atoms with Gasteiger partial charge in [0.2, 0.25) is 0 Å². The molecule has 13 heavy (non-hydrogen) atoms. The average Bonchev–Trinajstić information content (AvgIpc) is 2.43. The highest BCUT2D eigenvalue weighted by molar-refractivity contribution is 5.10. The molecule has 0 aromatic carbocycles. The fourth-order valence-corrected chi connectivity index (χ4v) is 1.99. The van der Waals surface area contributed by atoms with Crippen LogP contribution in [0.2, 0.25) is 0 Å². The van der Waals surface area contributed by atoms with Crippen molar-refractivity contribution in [2.45, 2.75) is 58.7 Å². The Balaban J connectivity index is 2.36. The maximum absolute atomic E-state index is 5.94. The molecule has 1 rings (SSSR count). The van der Waals surface area contributed by atoms with Crippen molar-refractivity contribution in [1.82, 2.24) is 0 Å². The van der Waals surface area contributed by atoms with Crippen molar-refractivity contribution in [2.24, 2.45) is 5.92 Å². The minimum absolute atomic E-state index is 0.321. The number of hydrogen-bond acceptors (Lipinski definition) is 1. The van der Waals surface area contributed by atoms with Crippen molar-refractivity contribution in [3.8, 4) is 0 Å². The Morgan fingerprint density at radius 2 is 2.23 bits per heavy atom. The summed E-state index contributed by atoms with van der Waals surface area (Å²) in [6, 6.07) is 0. The molecule has 0 radical (unpaired) electrons. The van der Waals surface area contributed by atoms with E-state index >= 15 is 0 Å². The van der Waals surface area contributed by atoms with E-state index in [1.165, 1.54) is 24.8 Å². The van der Waals surface area contributed by atoms with Gasteiger partial charge in [0, 0.05) is 0 Å². The summed E-state index contributed by atoms with van der Waals surface area (Å²) in [4.78, 5) is 0. The van der Waals surface area contributed by atoms with E-state index < -0.39 is 0 Å². The second-order valence-electron chi connectivity index (χ2n) is 4.43. The van der Waals surface area contributed by atoms with Crippen molar-refractivity contribution in [3.05, 3.63) is 12.2 Å². The lowest BCUT2D eigenvalue weighted by atomic mass is 9.99. The summed E-state index contributed by atoms with van der Waals surface area (Å²) >= 11 is 0. The Morgan fingerprint density at radius 3 is 2.69 bits per heavy atom. The van der Waals surface area contributed by atoms with Crippen LogP contribution in [0.25, 0.3) is 0 Å². The number of ether oxygens (including phenoxy) is 1. The molecule has 0 bridgehead atoms. The van der Waals surface area contributed by atoms with Crippen LogP contribution in [0, 0.1) is 5.92 Å². The van der Waals surface area contributed by atoms with Crippen LogP contribution in [0.15, 0.2) is 12.2 Å². The molecule has 0 N–H and O–H groups in total. The summed E-state index contributed by atoms with van der Waals surface area (Å²) in [7, 11) is 0. The van der Waals surface area contributed by atoms with E-state index in [2.05, 4.69) is 27.4 Å². The molecule has 1 aliphatic heterocycles. The van der Waals surface area contributed by atoms with Crippen LogP contribution < -0.4 is 0 Å². The third-order valence-electron chi connectivity index (χ3n) is 2.72. The minimum Gasteiger partial charge on any atom is -0.370 e. The lowest BCUT2D eigenvalue weighted by molar-refractivity contribution is 0.0234. The van der Waals surface area contributed by atoms with Gasteiger partial charge in [-0.25, -0.2) is 0 Å². The second-order valence-corrected chi connectivity index (χ2v) is 4.43. The zero-order valence-electron chi connectivity index (χ0n) is 9.18. The van der Waals surface area contributed by atoms with Crippen LogP contribution in [0.5, 0.6) is 0 Å². The molecule has 0 aliphatic carbocycles. The van der Waals surface area contributed by atoms with Gasteiger partial charge < -0.3 is 4.74 Å². The molecule has 1 heteroatoms. The average molecular weight is 182 g/mol. The molecule has 1 heterocycles. The molecule has 1 saturated heterocycles. The maximum atomic E-state index is 5.94. The Labute approximate surface area is 82.2 Å². The lowest BCUT2D eigenvalue weighted by Crippen LogP contribution is -2.17. The van der Waals surface area contributed by atoms with Crippen LogP contribution in [-0.4, -0.2) is 12.2 Å². The molecule has 2 atom stereocenters. The fraction of sp³-hybridized carbons (Fsp3) is 0.833. The molecule has 0 saturated carbocycles. The Morgan fingerprint density at radius 1 is 1.54 bits per heavy atom. The summed E-state index contributed by atoms with van der Waals surface area (Å²) in [5, 5.41) is 0. The van der Waals surface area contributed by atoms with Crippen molar-refractivity contribution in [2.75, 3.05) is 0 Å². The van der Waals surface area contributed by atoms with Gasteiger partial charge >= 0.3 is 0 Å². The summed E-state index contributed by atoms with van der Waals surface area (Å²) in [5.41, 5.74) is 1.30. The first-order chi connectivity index (χ1) is 6.15. The molecule has 1 aliphatic rings. The summed E-state index contributed by atoms with van der Waals surface area (Å²) in [6.45, 7) is 10.7. The molecular weight excluding hydrogens is 160 g/mol. The highest BCUT2D eigenvalue weighted by Gasteiger charge is 2.29. The summed E-state index contributed by atoms with van der Waals surface area (Å²) in [5.74, 6) is 0.583. The zero-order chi connectivity index (χ0) is 9.84. The third kappa shape index (κ3) is 2.84. The van der Waals surface area contributed by atoms with Gasteiger partial charge in [0.05, 0.1) is 12.2 Å². The van der Waals surface area contributed by atoms with E-state index in [1.807, 2.05) is 0 Å². The second kappa shape index (κ2) is 4.80. The SMILES string of the molecule is C=C1C[C@H](CCCC)O[C@H]1C(C)C. The highest BCUT2D eigenvalue weighted by atomic mass is 16.5. The van der Waals surface area contributed by atoms with E-state index in [9.17, 15) is 0 Å².